The highest BCUT2D eigenvalue weighted by atomic mass is 19.1. The molecule has 0 aliphatic carbocycles. The molecule has 1 aromatic carbocycles. The van der Waals surface area contributed by atoms with Crippen LogP contribution in [-0.4, -0.2) is 12.8 Å². The van der Waals surface area contributed by atoms with Crippen LogP contribution in [0.5, 0.6) is 11.5 Å². The summed E-state index contributed by atoms with van der Waals surface area (Å²) in [5.74, 6) is 0.771. The molecule has 1 aromatic rings. The summed E-state index contributed by atoms with van der Waals surface area (Å²) in [6.07, 6.45) is 1.25. The van der Waals surface area contributed by atoms with Gasteiger partial charge in [0.25, 0.3) is 0 Å². The average Bonchev–Trinajstić information content (AvgIpc) is 2.56. The summed E-state index contributed by atoms with van der Waals surface area (Å²) in [6, 6.07) is 4.26. The molecule has 0 aromatic heterocycles. The zero-order valence-corrected chi connectivity index (χ0v) is 7.70. The van der Waals surface area contributed by atoms with Crippen molar-refractivity contribution in [2.24, 2.45) is 5.73 Å². The van der Waals surface area contributed by atoms with Gasteiger partial charge in [-0.25, -0.2) is 4.39 Å². The largest absolute Gasteiger partial charge is 0.451 e. The van der Waals surface area contributed by atoms with Gasteiger partial charge >= 0.3 is 0 Å². The zero-order valence-electron chi connectivity index (χ0n) is 7.70. The molecule has 0 saturated heterocycles. The van der Waals surface area contributed by atoms with E-state index >= 15 is 0 Å². The van der Waals surface area contributed by atoms with Gasteiger partial charge in [-0.2, -0.15) is 0 Å². The fraction of sp³-hybridized carbons (Fsp3) is 0.400. The standard InChI is InChI=1S/C10H12FNO2/c11-7-3-4-8-9(6-7)14-10(13-8)2-1-5-12/h3-4,6,10H,1-2,5,12H2. The fourth-order valence-electron chi connectivity index (χ4n) is 1.38. The van der Waals surface area contributed by atoms with E-state index in [0.29, 0.717) is 18.0 Å². The van der Waals surface area contributed by atoms with Crippen molar-refractivity contribution in [3.8, 4) is 11.5 Å². The summed E-state index contributed by atoms with van der Waals surface area (Å²) in [4.78, 5) is 0. The van der Waals surface area contributed by atoms with Crippen molar-refractivity contribution in [1.82, 2.24) is 0 Å². The maximum absolute atomic E-state index is 12.8. The van der Waals surface area contributed by atoms with E-state index < -0.39 is 0 Å². The number of nitrogens with two attached hydrogens (primary N) is 1. The van der Waals surface area contributed by atoms with Crippen molar-refractivity contribution >= 4 is 0 Å². The molecule has 0 saturated carbocycles. The Balaban J connectivity index is 2.03. The van der Waals surface area contributed by atoms with Crippen LogP contribution in [-0.2, 0) is 0 Å². The molecule has 1 heterocycles. The molecule has 14 heavy (non-hydrogen) atoms. The molecular formula is C10H12FNO2. The van der Waals surface area contributed by atoms with Crippen LogP contribution in [0, 0.1) is 5.82 Å². The van der Waals surface area contributed by atoms with Crippen LogP contribution in [0.25, 0.3) is 0 Å². The molecule has 2 rings (SSSR count). The summed E-state index contributed by atoms with van der Waals surface area (Å²) in [7, 11) is 0. The predicted molar refractivity (Wildman–Crippen MR) is 49.7 cm³/mol. The highest BCUT2D eigenvalue weighted by Gasteiger charge is 2.23. The number of hydrogen-bond acceptors (Lipinski definition) is 3. The molecule has 1 atom stereocenters. The maximum Gasteiger partial charge on any atom is 0.241 e. The first-order valence-corrected chi connectivity index (χ1v) is 4.62. The number of benzene rings is 1. The molecule has 0 amide bonds. The van der Waals surface area contributed by atoms with Gasteiger partial charge in [0.05, 0.1) is 0 Å². The maximum atomic E-state index is 12.8. The SMILES string of the molecule is NCCCC1Oc2ccc(F)cc2O1. The Morgan fingerprint density at radius 1 is 1.29 bits per heavy atom. The van der Waals surface area contributed by atoms with Crippen LogP contribution >= 0.6 is 0 Å². The van der Waals surface area contributed by atoms with Crippen LogP contribution < -0.4 is 15.2 Å². The number of halogens is 1. The van der Waals surface area contributed by atoms with Crippen LogP contribution in [0.1, 0.15) is 12.8 Å². The zero-order chi connectivity index (χ0) is 9.97. The molecule has 76 valence electrons. The quantitative estimate of drug-likeness (QED) is 0.801. The minimum absolute atomic E-state index is 0.310. The normalized spacial score (nSPS) is 18.6. The molecule has 0 fully saturated rings. The van der Waals surface area contributed by atoms with Crippen molar-refractivity contribution < 1.29 is 13.9 Å². The molecule has 1 unspecified atom stereocenters. The van der Waals surface area contributed by atoms with E-state index in [4.69, 9.17) is 15.2 Å². The number of fused-ring (bicyclic) bond motifs is 1. The van der Waals surface area contributed by atoms with E-state index in [1.54, 1.807) is 6.07 Å². The lowest BCUT2D eigenvalue weighted by atomic mass is 10.3. The van der Waals surface area contributed by atoms with E-state index in [1.807, 2.05) is 0 Å². The van der Waals surface area contributed by atoms with Gasteiger partial charge in [0.1, 0.15) is 5.82 Å². The van der Waals surface area contributed by atoms with Gasteiger partial charge in [0.15, 0.2) is 11.5 Å². The predicted octanol–water partition coefficient (Wildman–Crippen LogP) is 1.66. The summed E-state index contributed by atoms with van der Waals surface area (Å²) >= 11 is 0. The second kappa shape index (κ2) is 3.84. The molecule has 2 N–H and O–H groups in total. The van der Waals surface area contributed by atoms with Gasteiger partial charge in [-0.3, -0.25) is 0 Å². The lowest BCUT2D eigenvalue weighted by Crippen LogP contribution is -2.19. The second-order valence-electron chi connectivity index (χ2n) is 3.19. The molecule has 3 nitrogen and oxygen atoms in total. The van der Waals surface area contributed by atoms with Crippen molar-refractivity contribution in [2.45, 2.75) is 19.1 Å². The van der Waals surface area contributed by atoms with Crippen LogP contribution in [0.2, 0.25) is 0 Å². The number of ether oxygens (including phenoxy) is 2. The molecule has 0 radical (unpaired) electrons. The van der Waals surface area contributed by atoms with Gasteiger partial charge in [-0.15, -0.1) is 0 Å². The summed E-state index contributed by atoms with van der Waals surface area (Å²) in [5.41, 5.74) is 5.36. The van der Waals surface area contributed by atoms with Crippen molar-refractivity contribution in [3.05, 3.63) is 24.0 Å². The smallest absolute Gasteiger partial charge is 0.241 e. The minimum atomic E-state index is -0.313. The van der Waals surface area contributed by atoms with Gasteiger partial charge < -0.3 is 15.2 Å². The Bertz CT molecular complexity index is 330. The third kappa shape index (κ3) is 1.80. The number of rotatable bonds is 3. The lowest BCUT2D eigenvalue weighted by molar-refractivity contribution is 0.0407. The first kappa shape index (κ1) is 9.27. The van der Waals surface area contributed by atoms with Crippen molar-refractivity contribution in [3.63, 3.8) is 0 Å². The van der Waals surface area contributed by atoms with Gasteiger partial charge in [-0.1, -0.05) is 0 Å². The Morgan fingerprint density at radius 2 is 2.07 bits per heavy atom. The Labute approximate surface area is 81.6 Å². The summed E-state index contributed by atoms with van der Waals surface area (Å²) in [6.45, 7) is 0.605. The Morgan fingerprint density at radius 3 is 2.86 bits per heavy atom. The monoisotopic (exact) mass is 197 g/mol. The minimum Gasteiger partial charge on any atom is -0.451 e. The van der Waals surface area contributed by atoms with E-state index in [-0.39, 0.29) is 12.1 Å². The van der Waals surface area contributed by atoms with Crippen LogP contribution in [0.15, 0.2) is 18.2 Å². The van der Waals surface area contributed by atoms with Crippen LogP contribution in [0.3, 0.4) is 0 Å². The van der Waals surface area contributed by atoms with Gasteiger partial charge in [-0.05, 0) is 25.1 Å². The third-order valence-electron chi connectivity index (χ3n) is 2.07. The van der Waals surface area contributed by atoms with Gasteiger partial charge in [0.2, 0.25) is 6.29 Å². The van der Waals surface area contributed by atoms with Crippen molar-refractivity contribution in [2.75, 3.05) is 6.54 Å². The van der Waals surface area contributed by atoms with E-state index in [9.17, 15) is 4.39 Å². The van der Waals surface area contributed by atoms with Crippen molar-refractivity contribution in [1.29, 1.82) is 0 Å². The molecular weight excluding hydrogens is 185 g/mol. The molecule has 0 spiro atoms. The Kier molecular flexibility index (Phi) is 2.54. The van der Waals surface area contributed by atoms with E-state index in [1.165, 1.54) is 12.1 Å². The first-order valence-electron chi connectivity index (χ1n) is 4.62. The average molecular weight is 197 g/mol. The molecule has 4 heteroatoms. The van der Waals surface area contributed by atoms with E-state index in [0.717, 1.165) is 12.8 Å². The fourth-order valence-corrected chi connectivity index (χ4v) is 1.38. The highest BCUT2D eigenvalue weighted by Crippen LogP contribution is 2.35. The van der Waals surface area contributed by atoms with Crippen LogP contribution in [0.4, 0.5) is 4.39 Å². The second-order valence-corrected chi connectivity index (χ2v) is 3.19. The number of hydrogen-bond donors (Lipinski definition) is 1. The van der Waals surface area contributed by atoms with E-state index in [2.05, 4.69) is 0 Å². The van der Waals surface area contributed by atoms with Gasteiger partial charge in [0, 0.05) is 12.5 Å². The summed E-state index contributed by atoms with van der Waals surface area (Å²) in [5, 5.41) is 0. The first-order chi connectivity index (χ1) is 6.79. The lowest BCUT2D eigenvalue weighted by Gasteiger charge is -2.08. The molecule has 0 bridgehead atoms. The molecule has 1 aliphatic rings. The summed E-state index contributed by atoms with van der Waals surface area (Å²) < 4.78 is 23.6. The molecule has 1 aliphatic heterocycles. The Hall–Kier alpha value is -1.29. The third-order valence-corrected chi connectivity index (χ3v) is 2.07. The topological polar surface area (TPSA) is 44.5 Å². The highest BCUT2D eigenvalue weighted by molar-refractivity contribution is 5.42.